The van der Waals surface area contributed by atoms with Crippen LogP contribution in [0.3, 0.4) is 0 Å². The molecule has 8 nitrogen and oxygen atoms in total. The third-order valence-electron chi connectivity index (χ3n) is 6.44. The molecule has 0 bridgehead atoms. The lowest BCUT2D eigenvalue weighted by Gasteiger charge is -2.20. The van der Waals surface area contributed by atoms with Crippen LogP contribution in [0.1, 0.15) is 27.4 Å². The number of nitrogens with one attached hydrogen (secondary N) is 2. The first-order valence-electron chi connectivity index (χ1n) is 11.3. The van der Waals surface area contributed by atoms with E-state index in [9.17, 15) is 14.4 Å². The minimum Gasteiger partial charge on any atom is -0.478 e. The van der Waals surface area contributed by atoms with Gasteiger partial charge in [-0.3, -0.25) is 4.79 Å². The lowest BCUT2D eigenvalue weighted by atomic mass is 9.98. The van der Waals surface area contributed by atoms with Gasteiger partial charge in [-0.15, -0.1) is 0 Å². The molecular formula is C27H24N2O6. The van der Waals surface area contributed by atoms with Crippen molar-refractivity contribution in [3.8, 4) is 11.1 Å². The molecular weight excluding hydrogens is 448 g/mol. The van der Waals surface area contributed by atoms with Crippen molar-refractivity contribution >= 4 is 23.7 Å². The van der Waals surface area contributed by atoms with Crippen LogP contribution < -0.4 is 10.6 Å². The molecule has 2 amide bonds. The molecule has 2 unspecified atom stereocenters. The van der Waals surface area contributed by atoms with E-state index in [1.165, 1.54) is 12.1 Å². The van der Waals surface area contributed by atoms with Gasteiger partial charge in [-0.2, -0.15) is 0 Å². The minimum absolute atomic E-state index is 0.0615. The third-order valence-corrected chi connectivity index (χ3v) is 6.44. The molecule has 1 fully saturated rings. The van der Waals surface area contributed by atoms with Gasteiger partial charge in [-0.25, -0.2) is 9.59 Å². The Morgan fingerprint density at radius 2 is 1.60 bits per heavy atom. The van der Waals surface area contributed by atoms with Gasteiger partial charge in [0.25, 0.3) is 0 Å². The Hall–Kier alpha value is -4.17. The molecule has 1 saturated heterocycles. The minimum atomic E-state index is -1.08. The summed E-state index contributed by atoms with van der Waals surface area (Å²) in [6, 6.07) is 21.6. The number of aromatic carboxylic acids is 1. The normalized spacial score (nSPS) is 18.4. The number of carboxylic acids is 1. The van der Waals surface area contributed by atoms with Gasteiger partial charge in [-0.05, 0) is 40.5 Å². The standard InChI is InChI=1S/C27H24N2O6/c30-25(28-17-7-5-6-16(12-17)26(31)32)23-13-34-15-24(23)29-27(33)35-14-22-20-10-3-1-8-18(20)19-9-2-4-11-21(19)22/h1-12,22-24H,13-15H2,(H,28,30)(H,29,33)(H,31,32). The van der Waals surface area contributed by atoms with E-state index in [-0.39, 0.29) is 37.2 Å². The molecule has 3 aromatic carbocycles. The second-order valence-corrected chi connectivity index (χ2v) is 8.60. The van der Waals surface area contributed by atoms with Crippen LogP contribution in [0.15, 0.2) is 72.8 Å². The zero-order valence-electron chi connectivity index (χ0n) is 18.8. The largest absolute Gasteiger partial charge is 0.478 e. The maximum atomic E-state index is 12.8. The summed E-state index contributed by atoms with van der Waals surface area (Å²) in [5.41, 5.74) is 4.95. The molecule has 1 heterocycles. The van der Waals surface area contributed by atoms with Crippen LogP contribution in [0.4, 0.5) is 10.5 Å². The fourth-order valence-corrected chi connectivity index (χ4v) is 4.71. The van der Waals surface area contributed by atoms with E-state index in [2.05, 4.69) is 22.8 Å². The molecule has 0 aromatic heterocycles. The highest BCUT2D eigenvalue weighted by Crippen LogP contribution is 2.44. The number of benzene rings is 3. The van der Waals surface area contributed by atoms with Crippen molar-refractivity contribution in [2.45, 2.75) is 12.0 Å². The molecule has 1 aliphatic heterocycles. The van der Waals surface area contributed by atoms with Crippen LogP contribution >= 0.6 is 0 Å². The fraction of sp³-hybridized carbons (Fsp3) is 0.222. The van der Waals surface area contributed by atoms with Crippen molar-refractivity contribution in [3.63, 3.8) is 0 Å². The summed E-state index contributed by atoms with van der Waals surface area (Å²) in [5.74, 6) is -2.15. The number of carbonyl (C=O) groups is 3. The molecule has 5 rings (SSSR count). The molecule has 8 heteroatoms. The lowest BCUT2D eigenvalue weighted by Crippen LogP contribution is -2.44. The Bertz CT molecular complexity index is 1240. The van der Waals surface area contributed by atoms with Gasteiger partial charge in [0, 0.05) is 11.6 Å². The molecule has 2 aliphatic rings. The molecule has 178 valence electrons. The Kier molecular flexibility index (Phi) is 6.20. The van der Waals surface area contributed by atoms with Crippen molar-refractivity contribution < 1.29 is 29.0 Å². The number of ether oxygens (including phenoxy) is 2. The molecule has 0 radical (unpaired) electrons. The highest BCUT2D eigenvalue weighted by Gasteiger charge is 2.36. The van der Waals surface area contributed by atoms with Gasteiger partial charge in [-0.1, -0.05) is 54.6 Å². The Balaban J connectivity index is 1.21. The zero-order valence-corrected chi connectivity index (χ0v) is 18.8. The van der Waals surface area contributed by atoms with E-state index in [1.807, 2.05) is 36.4 Å². The van der Waals surface area contributed by atoms with Gasteiger partial charge in [0.05, 0.1) is 30.7 Å². The SMILES string of the molecule is O=C(NC1COCC1C(=O)Nc1cccc(C(=O)O)c1)OCC1c2ccccc2-c2ccccc21. The predicted octanol–water partition coefficient (Wildman–Crippen LogP) is 3.88. The summed E-state index contributed by atoms with van der Waals surface area (Å²) in [6.07, 6.45) is -0.618. The number of hydrogen-bond acceptors (Lipinski definition) is 5. The molecule has 1 aliphatic carbocycles. The number of hydrogen-bond donors (Lipinski definition) is 3. The monoisotopic (exact) mass is 472 g/mol. The van der Waals surface area contributed by atoms with E-state index >= 15 is 0 Å². The van der Waals surface area contributed by atoms with E-state index in [4.69, 9.17) is 14.6 Å². The summed E-state index contributed by atoms with van der Waals surface area (Å²) in [7, 11) is 0. The Morgan fingerprint density at radius 1 is 0.914 bits per heavy atom. The topological polar surface area (TPSA) is 114 Å². The smallest absolute Gasteiger partial charge is 0.407 e. The molecule has 2 atom stereocenters. The first kappa shape index (κ1) is 22.6. The Morgan fingerprint density at radius 3 is 2.29 bits per heavy atom. The number of carboxylic acid groups (broad SMARTS) is 1. The van der Waals surface area contributed by atoms with Gasteiger partial charge >= 0.3 is 12.1 Å². The predicted molar refractivity (Wildman–Crippen MR) is 128 cm³/mol. The van der Waals surface area contributed by atoms with E-state index in [0.717, 1.165) is 22.3 Å². The van der Waals surface area contributed by atoms with Gasteiger partial charge < -0.3 is 25.2 Å². The zero-order chi connectivity index (χ0) is 24.4. The molecule has 3 N–H and O–H groups in total. The number of amides is 2. The molecule has 35 heavy (non-hydrogen) atoms. The fourth-order valence-electron chi connectivity index (χ4n) is 4.71. The quantitative estimate of drug-likeness (QED) is 0.502. The van der Waals surface area contributed by atoms with Crippen molar-refractivity contribution in [2.24, 2.45) is 5.92 Å². The van der Waals surface area contributed by atoms with Crippen LogP contribution in [0.25, 0.3) is 11.1 Å². The van der Waals surface area contributed by atoms with Crippen molar-refractivity contribution in [3.05, 3.63) is 89.5 Å². The van der Waals surface area contributed by atoms with Crippen LogP contribution in [0.5, 0.6) is 0 Å². The van der Waals surface area contributed by atoms with Crippen molar-refractivity contribution in [1.29, 1.82) is 0 Å². The number of anilines is 1. The van der Waals surface area contributed by atoms with Crippen molar-refractivity contribution in [2.75, 3.05) is 25.1 Å². The number of carbonyl (C=O) groups excluding carboxylic acids is 2. The second-order valence-electron chi connectivity index (χ2n) is 8.60. The summed E-state index contributed by atoms with van der Waals surface area (Å²) >= 11 is 0. The van der Waals surface area contributed by atoms with Crippen LogP contribution in [-0.2, 0) is 14.3 Å². The number of alkyl carbamates (subject to hydrolysis) is 1. The van der Waals surface area contributed by atoms with E-state index in [0.29, 0.717) is 5.69 Å². The highest BCUT2D eigenvalue weighted by molar-refractivity contribution is 5.95. The highest BCUT2D eigenvalue weighted by atomic mass is 16.5. The third kappa shape index (κ3) is 4.61. The van der Waals surface area contributed by atoms with Crippen LogP contribution in [-0.4, -0.2) is 48.9 Å². The molecule has 0 saturated carbocycles. The van der Waals surface area contributed by atoms with E-state index in [1.54, 1.807) is 12.1 Å². The van der Waals surface area contributed by atoms with Crippen LogP contribution in [0, 0.1) is 5.92 Å². The first-order chi connectivity index (χ1) is 17.0. The average Bonchev–Trinajstić information content (AvgIpc) is 3.45. The average molecular weight is 472 g/mol. The number of fused-ring (bicyclic) bond motifs is 3. The maximum absolute atomic E-state index is 12.8. The van der Waals surface area contributed by atoms with Gasteiger partial charge in [0.15, 0.2) is 0 Å². The van der Waals surface area contributed by atoms with Gasteiger partial charge in [0.1, 0.15) is 6.61 Å². The summed E-state index contributed by atoms with van der Waals surface area (Å²) in [5, 5.41) is 14.6. The van der Waals surface area contributed by atoms with E-state index < -0.39 is 24.0 Å². The second kappa shape index (κ2) is 9.60. The maximum Gasteiger partial charge on any atom is 0.407 e. The van der Waals surface area contributed by atoms with Gasteiger partial charge in [0.2, 0.25) is 5.91 Å². The van der Waals surface area contributed by atoms with Crippen molar-refractivity contribution in [1.82, 2.24) is 5.32 Å². The summed E-state index contributed by atoms with van der Waals surface area (Å²) in [6.45, 7) is 0.489. The summed E-state index contributed by atoms with van der Waals surface area (Å²) in [4.78, 5) is 36.6. The first-order valence-corrected chi connectivity index (χ1v) is 11.3. The Labute approximate surface area is 201 Å². The lowest BCUT2D eigenvalue weighted by molar-refractivity contribution is -0.120. The number of rotatable bonds is 6. The molecule has 3 aromatic rings. The van der Waals surface area contributed by atoms with Crippen LogP contribution in [0.2, 0.25) is 0 Å². The molecule has 0 spiro atoms. The summed E-state index contributed by atoms with van der Waals surface area (Å²) < 4.78 is 11.0.